The van der Waals surface area contributed by atoms with Crippen molar-refractivity contribution in [1.29, 1.82) is 0 Å². The van der Waals surface area contributed by atoms with E-state index in [9.17, 15) is 13.2 Å². The standard InChI is InChI=1S/C9H16F3NO/c10-9(11,12)7-3-1-2-4-8(7)14-6-5-13/h7-8H,1-6,13H2. The Balaban J connectivity index is 2.50. The van der Waals surface area contributed by atoms with E-state index in [0.717, 1.165) is 6.42 Å². The van der Waals surface area contributed by atoms with Crippen LogP contribution in [0.1, 0.15) is 25.7 Å². The molecule has 0 aromatic heterocycles. The molecule has 1 aliphatic rings. The molecule has 2 atom stereocenters. The second kappa shape index (κ2) is 4.98. The summed E-state index contributed by atoms with van der Waals surface area (Å²) in [7, 11) is 0. The summed E-state index contributed by atoms with van der Waals surface area (Å²) in [5, 5.41) is 0. The SMILES string of the molecule is NCCOC1CCCCC1C(F)(F)F. The molecule has 0 heterocycles. The Labute approximate surface area is 81.6 Å². The third kappa shape index (κ3) is 3.13. The van der Waals surface area contributed by atoms with Gasteiger partial charge in [-0.05, 0) is 12.8 Å². The van der Waals surface area contributed by atoms with Crippen LogP contribution in [-0.4, -0.2) is 25.4 Å². The first kappa shape index (κ1) is 11.8. The van der Waals surface area contributed by atoms with Crippen molar-refractivity contribution < 1.29 is 17.9 Å². The molecular formula is C9H16F3NO. The minimum absolute atomic E-state index is 0.193. The minimum Gasteiger partial charge on any atom is -0.376 e. The summed E-state index contributed by atoms with van der Waals surface area (Å²) in [6.45, 7) is 0.498. The summed E-state index contributed by atoms with van der Waals surface area (Å²) in [4.78, 5) is 0. The van der Waals surface area contributed by atoms with Crippen LogP contribution in [0.5, 0.6) is 0 Å². The normalized spacial score (nSPS) is 29.1. The Kier molecular flexibility index (Phi) is 4.19. The van der Waals surface area contributed by atoms with Gasteiger partial charge < -0.3 is 10.5 Å². The summed E-state index contributed by atoms with van der Waals surface area (Å²) in [6, 6.07) is 0. The first-order chi connectivity index (χ1) is 6.55. The number of hydrogen-bond donors (Lipinski definition) is 1. The number of rotatable bonds is 3. The van der Waals surface area contributed by atoms with Gasteiger partial charge in [0.1, 0.15) is 0 Å². The number of hydrogen-bond acceptors (Lipinski definition) is 2. The van der Waals surface area contributed by atoms with Gasteiger partial charge in [0.25, 0.3) is 0 Å². The first-order valence-corrected chi connectivity index (χ1v) is 4.94. The molecule has 2 N–H and O–H groups in total. The zero-order valence-electron chi connectivity index (χ0n) is 8.02. The molecular weight excluding hydrogens is 195 g/mol. The van der Waals surface area contributed by atoms with Gasteiger partial charge in [-0.3, -0.25) is 0 Å². The fourth-order valence-corrected chi connectivity index (χ4v) is 1.89. The van der Waals surface area contributed by atoms with Crippen molar-refractivity contribution in [3.8, 4) is 0 Å². The monoisotopic (exact) mass is 211 g/mol. The Morgan fingerprint density at radius 3 is 2.43 bits per heavy atom. The van der Waals surface area contributed by atoms with Gasteiger partial charge in [-0.15, -0.1) is 0 Å². The van der Waals surface area contributed by atoms with E-state index in [1.165, 1.54) is 0 Å². The molecule has 0 aliphatic heterocycles. The number of halogens is 3. The van der Waals surface area contributed by atoms with E-state index >= 15 is 0 Å². The average Bonchev–Trinajstić information content (AvgIpc) is 2.14. The molecule has 0 bridgehead atoms. The van der Waals surface area contributed by atoms with Crippen LogP contribution < -0.4 is 5.73 Å². The van der Waals surface area contributed by atoms with Crippen LogP contribution in [0.4, 0.5) is 13.2 Å². The molecule has 1 rings (SSSR count). The van der Waals surface area contributed by atoms with Crippen LogP contribution in [0.3, 0.4) is 0 Å². The van der Waals surface area contributed by atoms with Gasteiger partial charge in [-0.25, -0.2) is 0 Å². The van der Waals surface area contributed by atoms with E-state index in [1.54, 1.807) is 0 Å². The molecule has 0 aromatic rings. The summed E-state index contributed by atoms with van der Waals surface area (Å²) < 4.78 is 42.6. The smallest absolute Gasteiger partial charge is 0.376 e. The van der Waals surface area contributed by atoms with Gasteiger partial charge in [0.05, 0.1) is 18.6 Å². The quantitative estimate of drug-likeness (QED) is 0.775. The van der Waals surface area contributed by atoms with Gasteiger partial charge in [-0.1, -0.05) is 12.8 Å². The molecule has 0 amide bonds. The highest BCUT2D eigenvalue weighted by Gasteiger charge is 2.45. The van der Waals surface area contributed by atoms with Crippen molar-refractivity contribution in [2.75, 3.05) is 13.2 Å². The van der Waals surface area contributed by atoms with Gasteiger partial charge in [0.2, 0.25) is 0 Å². The zero-order valence-corrected chi connectivity index (χ0v) is 8.02. The Hall–Kier alpha value is -0.290. The van der Waals surface area contributed by atoms with Crippen LogP contribution in [0.25, 0.3) is 0 Å². The number of nitrogens with two attached hydrogens (primary N) is 1. The van der Waals surface area contributed by atoms with Gasteiger partial charge >= 0.3 is 6.18 Å². The molecule has 2 nitrogen and oxygen atoms in total. The molecule has 0 radical (unpaired) electrons. The molecule has 0 saturated heterocycles. The molecule has 84 valence electrons. The van der Waals surface area contributed by atoms with Gasteiger partial charge in [-0.2, -0.15) is 13.2 Å². The lowest BCUT2D eigenvalue weighted by Gasteiger charge is -2.32. The Bertz CT molecular complexity index is 172. The fraction of sp³-hybridized carbons (Fsp3) is 1.00. The Morgan fingerprint density at radius 1 is 1.21 bits per heavy atom. The molecule has 0 spiro atoms. The van der Waals surface area contributed by atoms with E-state index in [2.05, 4.69) is 0 Å². The molecule has 1 aliphatic carbocycles. The Morgan fingerprint density at radius 2 is 1.86 bits per heavy atom. The second-order valence-corrected chi connectivity index (χ2v) is 3.63. The third-order valence-electron chi connectivity index (χ3n) is 2.57. The largest absolute Gasteiger partial charge is 0.394 e. The predicted molar refractivity (Wildman–Crippen MR) is 46.8 cm³/mol. The van der Waals surface area contributed by atoms with E-state index in [1.807, 2.05) is 0 Å². The number of ether oxygens (including phenoxy) is 1. The van der Waals surface area contributed by atoms with Crippen molar-refractivity contribution in [1.82, 2.24) is 0 Å². The maximum atomic E-state index is 12.5. The maximum Gasteiger partial charge on any atom is 0.394 e. The van der Waals surface area contributed by atoms with Crippen molar-refractivity contribution in [2.24, 2.45) is 11.7 Å². The van der Waals surface area contributed by atoms with E-state index in [4.69, 9.17) is 10.5 Å². The summed E-state index contributed by atoms with van der Waals surface area (Å²) in [5.41, 5.74) is 5.19. The van der Waals surface area contributed by atoms with Crippen molar-refractivity contribution >= 4 is 0 Å². The van der Waals surface area contributed by atoms with Crippen molar-refractivity contribution in [3.05, 3.63) is 0 Å². The lowest BCUT2D eigenvalue weighted by molar-refractivity contribution is -0.215. The third-order valence-corrected chi connectivity index (χ3v) is 2.57. The van der Waals surface area contributed by atoms with Crippen molar-refractivity contribution in [3.63, 3.8) is 0 Å². The second-order valence-electron chi connectivity index (χ2n) is 3.63. The molecule has 1 saturated carbocycles. The topological polar surface area (TPSA) is 35.2 Å². The molecule has 0 aromatic carbocycles. The highest BCUT2D eigenvalue weighted by Crippen LogP contribution is 2.38. The summed E-state index contributed by atoms with van der Waals surface area (Å²) in [6.07, 6.45) is -2.64. The van der Waals surface area contributed by atoms with E-state index in [0.29, 0.717) is 12.8 Å². The first-order valence-electron chi connectivity index (χ1n) is 4.94. The van der Waals surface area contributed by atoms with Gasteiger partial charge in [0, 0.05) is 6.54 Å². The van der Waals surface area contributed by atoms with Crippen LogP contribution >= 0.6 is 0 Å². The lowest BCUT2D eigenvalue weighted by atomic mass is 9.86. The van der Waals surface area contributed by atoms with Crippen LogP contribution in [0, 0.1) is 5.92 Å². The van der Waals surface area contributed by atoms with Crippen LogP contribution in [0.15, 0.2) is 0 Å². The van der Waals surface area contributed by atoms with E-state index in [-0.39, 0.29) is 19.6 Å². The zero-order chi connectivity index (χ0) is 10.6. The number of alkyl halides is 3. The summed E-state index contributed by atoms with van der Waals surface area (Å²) >= 11 is 0. The fourth-order valence-electron chi connectivity index (χ4n) is 1.89. The van der Waals surface area contributed by atoms with Gasteiger partial charge in [0.15, 0.2) is 0 Å². The lowest BCUT2D eigenvalue weighted by Crippen LogP contribution is -2.39. The average molecular weight is 211 g/mol. The van der Waals surface area contributed by atoms with E-state index < -0.39 is 18.2 Å². The molecule has 2 unspecified atom stereocenters. The summed E-state index contributed by atoms with van der Waals surface area (Å²) in [5.74, 6) is -1.29. The maximum absolute atomic E-state index is 12.5. The highest BCUT2D eigenvalue weighted by atomic mass is 19.4. The molecule has 1 fully saturated rings. The van der Waals surface area contributed by atoms with Crippen molar-refractivity contribution in [2.45, 2.75) is 38.0 Å². The highest BCUT2D eigenvalue weighted by molar-refractivity contribution is 4.81. The molecule has 14 heavy (non-hydrogen) atoms. The van der Waals surface area contributed by atoms with Crippen LogP contribution in [-0.2, 0) is 4.74 Å². The predicted octanol–water partition coefficient (Wildman–Crippen LogP) is 2.08. The molecule has 5 heteroatoms. The minimum atomic E-state index is -4.13. The van der Waals surface area contributed by atoms with Crippen LogP contribution in [0.2, 0.25) is 0 Å².